The third-order valence-electron chi connectivity index (χ3n) is 2.36. The van der Waals surface area contributed by atoms with E-state index in [2.05, 4.69) is 13.5 Å². The molecule has 94 valence electrons. The minimum atomic E-state index is -1.04. The van der Waals surface area contributed by atoms with Crippen LogP contribution in [0.2, 0.25) is 12.1 Å². The molecule has 0 saturated heterocycles. The van der Waals surface area contributed by atoms with Crippen molar-refractivity contribution in [1.82, 2.24) is 0 Å². The van der Waals surface area contributed by atoms with Gasteiger partial charge in [-0.3, -0.25) is 0 Å². The summed E-state index contributed by atoms with van der Waals surface area (Å²) in [5, 5.41) is 0. The van der Waals surface area contributed by atoms with Crippen LogP contribution in [0.3, 0.4) is 0 Å². The van der Waals surface area contributed by atoms with Gasteiger partial charge in [-0.1, -0.05) is 26.3 Å². The van der Waals surface area contributed by atoms with Crippen LogP contribution in [0.25, 0.3) is 0 Å². The molecule has 0 aromatic heterocycles. The third-order valence-corrected chi connectivity index (χ3v) is 5.27. The maximum Gasteiger partial charge on any atom is 0.330 e. The van der Waals surface area contributed by atoms with E-state index in [1.165, 1.54) is 25.0 Å². The largest absolute Gasteiger partial charge is 0.463 e. The van der Waals surface area contributed by atoms with Crippen molar-refractivity contribution in [3.05, 3.63) is 12.7 Å². The molecule has 0 heterocycles. The average molecular weight is 244 g/mol. The average Bonchev–Trinajstić information content (AvgIpc) is 2.30. The molecule has 0 saturated carbocycles. The third kappa shape index (κ3) is 8.68. The highest BCUT2D eigenvalue weighted by molar-refractivity contribution is 6.51. The monoisotopic (exact) mass is 244 g/mol. The first-order valence-electron chi connectivity index (χ1n) is 6.15. The van der Waals surface area contributed by atoms with Crippen molar-refractivity contribution in [1.29, 1.82) is 0 Å². The van der Waals surface area contributed by atoms with Crippen LogP contribution in [0.1, 0.15) is 33.1 Å². The second-order valence-corrected chi connectivity index (χ2v) is 6.47. The Morgan fingerprint density at radius 2 is 2.00 bits per heavy atom. The van der Waals surface area contributed by atoms with Crippen LogP contribution >= 0.6 is 0 Å². The minimum absolute atomic E-state index is 0.330. The van der Waals surface area contributed by atoms with Crippen molar-refractivity contribution >= 4 is 15.0 Å². The molecule has 0 N–H and O–H groups in total. The molecule has 1 unspecified atom stereocenters. The zero-order valence-corrected chi connectivity index (χ0v) is 11.7. The van der Waals surface area contributed by atoms with Crippen molar-refractivity contribution < 1.29 is 14.0 Å². The molecule has 16 heavy (non-hydrogen) atoms. The molecule has 0 aliphatic carbocycles. The van der Waals surface area contributed by atoms with Crippen LogP contribution in [-0.4, -0.2) is 28.2 Å². The molecule has 1 atom stereocenters. The molecular formula is C12H24O3Si. The van der Waals surface area contributed by atoms with Crippen LogP contribution in [0, 0.1) is 0 Å². The quantitative estimate of drug-likeness (QED) is 0.256. The summed E-state index contributed by atoms with van der Waals surface area (Å²) in [7, 11) is -1.04. The maximum absolute atomic E-state index is 10.8. The Morgan fingerprint density at radius 3 is 2.56 bits per heavy atom. The van der Waals surface area contributed by atoms with Crippen LogP contribution in [0.5, 0.6) is 0 Å². The van der Waals surface area contributed by atoms with Gasteiger partial charge >= 0.3 is 5.97 Å². The summed E-state index contributed by atoms with van der Waals surface area (Å²) in [6, 6.07) is 2.33. The summed E-state index contributed by atoms with van der Waals surface area (Å²) in [6.07, 6.45) is 4.60. The molecule has 0 aliphatic heterocycles. The van der Waals surface area contributed by atoms with Gasteiger partial charge in [-0.2, -0.15) is 0 Å². The number of unbranched alkanes of at least 4 members (excludes halogenated alkanes) is 1. The van der Waals surface area contributed by atoms with Gasteiger partial charge in [0.05, 0.1) is 6.61 Å². The molecular weight excluding hydrogens is 220 g/mol. The smallest absolute Gasteiger partial charge is 0.330 e. The molecule has 4 heteroatoms. The predicted molar refractivity (Wildman–Crippen MR) is 69.1 cm³/mol. The molecule has 0 spiro atoms. The van der Waals surface area contributed by atoms with Crippen molar-refractivity contribution in [3.63, 3.8) is 0 Å². The van der Waals surface area contributed by atoms with E-state index < -0.39 is 9.04 Å². The number of carbonyl (C=O) groups is 1. The molecule has 0 aromatic carbocycles. The number of esters is 1. The lowest BCUT2D eigenvalue weighted by Crippen LogP contribution is -2.18. The van der Waals surface area contributed by atoms with Gasteiger partial charge < -0.3 is 9.16 Å². The Labute approximate surface area is 101 Å². The van der Waals surface area contributed by atoms with E-state index in [1.807, 2.05) is 6.92 Å². The highest BCUT2D eigenvalue weighted by Crippen LogP contribution is 2.09. The van der Waals surface area contributed by atoms with Gasteiger partial charge in [-0.25, -0.2) is 4.79 Å². The Balaban J connectivity index is 3.58. The summed E-state index contributed by atoms with van der Waals surface area (Å²) < 4.78 is 10.7. The molecule has 3 nitrogen and oxygen atoms in total. The summed E-state index contributed by atoms with van der Waals surface area (Å²) in [5.41, 5.74) is 0. The lowest BCUT2D eigenvalue weighted by Gasteiger charge is -2.14. The molecule has 0 bridgehead atoms. The lowest BCUT2D eigenvalue weighted by atomic mass is 10.4. The fourth-order valence-corrected chi connectivity index (χ4v) is 4.10. The van der Waals surface area contributed by atoms with Crippen LogP contribution in [-0.2, 0) is 14.0 Å². The zero-order valence-electron chi connectivity index (χ0n) is 10.5. The molecule has 0 aliphatic rings. The number of ether oxygens (including phenoxy) is 1. The number of hydrogen-bond donors (Lipinski definition) is 0. The normalized spacial score (nSPS) is 12.1. The Kier molecular flexibility index (Phi) is 10.5. The molecule has 0 radical (unpaired) electrons. The van der Waals surface area contributed by atoms with Gasteiger partial charge in [0.1, 0.15) is 0 Å². The Bertz CT molecular complexity index is 195. The summed E-state index contributed by atoms with van der Waals surface area (Å²) in [4.78, 5) is 10.8. The SMILES string of the molecule is C=CC(=O)OCCC[SiH](CCCC)OCC. The standard InChI is InChI=1S/C12H24O3Si/c1-4-7-10-16(15-6-3)11-8-9-14-12(13)5-2/h5,16H,2,4,6-11H2,1,3H3. The first kappa shape index (κ1) is 15.4. The predicted octanol–water partition coefficient (Wildman–Crippen LogP) is 2.67. The minimum Gasteiger partial charge on any atom is -0.463 e. The summed E-state index contributed by atoms with van der Waals surface area (Å²) in [6.45, 7) is 8.90. The van der Waals surface area contributed by atoms with E-state index >= 15 is 0 Å². The second-order valence-electron chi connectivity index (χ2n) is 3.73. The highest BCUT2D eigenvalue weighted by atomic mass is 28.3. The van der Waals surface area contributed by atoms with Gasteiger partial charge in [0, 0.05) is 12.7 Å². The van der Waals surface area contributed by atoms with Crippen molar-refractivity contribution in [2.24, 2.45) is 0 Å². The van der Waals surface area contributed by atoms with E-state index in [0.29, 0.717) is 6.61 Å². The number of hydrogen-bond acceptors (Lipinski definition) is 3. The highest BCUT2D eigenvalue weighted by Gasteiger charge is 2.10. The Morgan fingerprint density at radius 1 is 1.31 bits per heavy atom. The van der Waals surface area contributed by atoms with Crippen LogP contribution in [0.15, 0.2) is 12.7 Å². The van der Waals surface area contributed by atoms with E-state index in [4.69, 9.17) is 9.16 Å². The molecule has 0 rings (SSSR count). The topological polar surface area (TPSA) is 35.5 Å². The molecule has 0 fully saturated rings. The van der Waals surface area contributed by atoms with E-state index in [-0.39, 0.29) is 5.97 Å². The second kappa shape index (κ2) is 10.9. The van der Waals surface area contributed by atoms with E-state index in [0.717, 1.165) is 19.1 Å². The van der Waals surface area contributed by atoms with Crippen LogP contribution in [0.4, 0.5) is 0 Å². The first-order chi connectivity index (χ1) is 7.74. The van der Waals surface area contributed by atoms with E-state index in [1.54, 1.807) is 0 Å². The fourth-order valence-electron chi connectivity index (χ4n) is 1.52. The van der Waals surface area contributed by atoms with E-state index in [9.17, 15) is 4.79 Å². The Hall–Kier alpha value is -0.613. The van der Waals surface area contributed by atoms with Gasteiger partial charge in [0.25, 0.3) is 0 Å². The zero-order chi connectivity index (χ0) is 12.2. The molecule has 0 amide bonds. The summed E-state index contributed by atoms with van der Waals surface area (Å²) >= 11 is 0. The van der Waals surface area contributed by atoms with Gasteiger partial charge in [-0.15, -0.1) is 0 Å². The molecule has 0 aromatic rings. The number of rotatable bonds is 10. The fraction of sp³-hybridized carbons (Fsp3) is 0.750. The lowest BCUT2D eigenvalue weighted by molar-refractivity contribution is -0.137. The van der Waals surface area contributed by atoms with Crippen molar-refractivity contribution in [3.8, 4) is 0 Å². The maximum atomic E-state index is 10.8. The summed E-state index contributed by atoms with van der Waals surface area (Å²) in [5.74, 6) is -0.330. The van der Waals surface area contributed by atoms with Crippen molar-refractivity contribution in [2.75, 3.05) is 13.2 Å². The van der Waals surface area contributed by atoms with Gasteiger partial charge in [0.15, 0.2) is 9.04 Å². The van der Waals surface area contributed by atoms with Gasteiger partial charge in [0.2, 0.25) is 0 Å². The van der Waals surface area contributed by atoms with Gasteiger partial charge in [-0.05, 0) is 25.4 Å². The van der Waals surface area contributed by atoms with Crippen LogP contribution < -0.4 is 0 Å². The van der Waals surface area contributed by atoms with Crippen molar-refractivity contribution in [2.45, 2.75) is 45.2 Å². The number of carbonyl (C=O) groups excluding carboxylic acids is 1. The first-order valence-corrected chi connectivity index (χ1v) is 8.25.